The van der Waals surface area contributed by atoms with Gasteiger partial charge in [-0.05, 0) is 35.7 Å². The Labute approximate surface area is 152 Å². The van der Waals surface area contributed by atoms with E-state index >= 15 is 0 Å². The summed E-state index contributed by atoms with van der Waals surface area (Å²) in [5.74, 6) is 0.855. The third-order valence-corrected chi connectivity index (χ3v) is 4.18. The van der Waals surface area contributed by atoms with Crippen molar-refractivity contribution in [3.63, 3.8) is 0 Å². The predicted octanol–water partition coefficient (Wildman–Crippen LogP) is 2.49. The average molecular weight is 354 g/mol. The molecule has 0 radical (unpaired) electrons. The van der Waals surface area contributed by atoms with Crippen LogP contribution in [0.25, 0.3) is 0 Å². The number of fused-ring (bicyclic) bond motifs is 1. The molecular formula is C20H22N2O4. The summed E-state index contributed by atoms with van der Waals surface area (Å²) in [5.41, 5.74) is 1.43. The van der Waals surface area contributed by atoms with Crippen LogP contribution in [0.2, 0.25) is 0 Å². The number of carbonyl (C=O) groups is 2. The number of hydrogen-bond acceptors (Lipinski definition) is 4. The molecule has 2 aromatic carbocycles. The van der Waals surface area contributed by atoms with E-state index < -0.39 is 6.04 Å². The second kappa shape index (κ2) is 7.91. The maximum Gasteiger partial charge on any atom is 0.251 e. The molecule has 1 aliphatic heterocycles. The van der Waals surface area contributed by atoms with Crippen molar-refractivity contribution < 1.29 is 19.1 Å². The van der Waals surface area contributed by atoms with Gasteiger partial charge in [0.1, 0.15) is 6.04 Å². The summed E-state index contributed by atoms with van der Waals surface area (Å²) in [5, 5.41) is 5.69. The molecule has 1 unspecified atom stereocenters. The van der Waals surface area contributed by atoms with E-state index in [-0.39, 0.29) is 24.5 Å². The van der Waals surface area contributed by atoms with Crippen LogP contribution in [0.1, 0.15) is 29.8 Å². The Balaban J connectivity index is 1.61. The van der Waals surface area contributed by atoms with Crippen LogP contribution >= 0.6 is 0 Å². The average Bonchev–Trinajstić information content (AvgIpc) is 3.12. The van der Waals surface area contributed by atoms with Crippen LogP contribution in [-0.4, -0.2) is 24.6 Å². The highest BCUT2D eigenvalue weighted by Crippen LogP contribution is 2.32. The molecule has 2 amide bonds. The van der Waals surface area contributed by atoms with Gasteiger partial charge in [-0.1, -0.05) is 38.1 Å². The summed E-state index contributed by atoms with van der Waals surface area (Å²) in [7, 11) is 0. The maximum absolute atomic E-state index is 12.6. The predicted molar refractivity (Wildman–Crippen MR) is 96.9 cm³/mol. The summed E-state index contributed by atoms with van der Waals surface area (Å²) in [4.78, 5) is 24.9. The summed E-state index contributed by atoms with van der Waals surface area (Å²) in [6.45, 7) is 4.36. The van der Waals surface area contributed by atoms with E-state index in [1.165, 1.54) is 0 Å². The molecule has 6 nitrogen and oxygen atoms in total. The Morgan fingerprint density at radius 1 is 1.04 bits per heavy atom. The van der Waals surface area contributed by atoms with Gasteiger partial charge in [0, 0.05) is 12.1 Å². The zero-order valence-corrected chi connectivity index (χ0v) is 14.8. The fraction of sp³-hybridized carbons (Fsp3) is 0.300. The fourth-order valence-electron chi connectivity index (χ4n) is 2.70. The van der Waals surface area contributed by atoms with Crippen molar-refractivity contribution in [1.82, 2.24) is 10.6 Å². The van der Waals surface area contributed by atoms with Crippen LogP contribution in [-0.2, 0) is 11.3 Å². The SMILES string of the molecule is CC(C)C(NC(=O)c1ccccc1)C(=O)NCc1ccc2c(c1)OCO2. The number of carbonyl (C=O) groups excluding carboxylic acids is 2. The summed E-state index contributed by atoms with van der Waals surface area (Å²) in [6.07, 6.45) is 0. The van der Waals surface area contributed by atoms with Gasteiger partial charge in [-0.3, -0.25) is 9.59 Å². The molecule has 0 saturated carbocycles. The summed E-state index contributed by atoms with van der Waals surface area (Å²) in [6, 6.07) is 13.8. The monoisotopic (exact) mass is 354 g/mol. The van der Waals surface area contributed by atoms with E-state index in [0.717, 1.165) is 5.56 Å². The van der Waals surface area contributed by atoms with E-state index in [1.54, 1.807) is 24.3 Å². The molecule has 136 valence electrons. The third-order valence-electron chi connectivity index (χ3n) is 4.18. The first-order chi connectivity index (χ1) is 12.5. The minimum Gasteiger partial charge on any atom is -0.454 e. The van der Waals surface area contributed by atoms with Gasteiger partial charge in [-0.2, -0.15) is 0 Å². The normalized spacial score (nSPS) is 13.3. The van der Waals surface area contributed by atoms with E-state index in [2.05, 4.69) is 10.6 Å². The van der Waals surface area contributed by atoms with Crippen LogP contribution in [0.3, 0.4) is 0 Å². The number of benzene rings is 2. The second-order valence-corrected chi connectivity index (χ2v) is 6.47. The van der Waals surface area contributed by atoms with Gasteiger partial charge in [0.25, 0.3) is 5.91 Å². The minimum absolute atomic E-state index is 0.0422. The van der Waals surface area contributed by atoms with Crippen molar-refractivity contribution >= 4 is 11.8 Å². The molecular weight excluding hydrogens is 332 g/mol. The van der Waals surface area contributed by atoms with Crippen LogP contribution < -0.4 is 20.1 Å². The molecule has 3 rings (SSSR count). The van der Waals surface area contributed by atoms with Crippen LogP contribution in [0, 0.1) is 5.92 Å². The molecule has 1 atom stereocenters. The largest absolute Gasteiger partial charge is 0.454 e. The molecule has 0 spiro atoms. The Kier molecular flexibility index (Phi) is 5.41. The van der Waals surface area contributed by atoms with Gasteiger partial charge in [0.2, 0.25) is 12.7 Å². The van der Waals surface area contributed by atoms with E-state index in [4.69, 9.17) is 9.47 Å². The van der Waals surface area contributed by atoms with Crippen LogP contribution in [0.5, 0.6) is 11.5 Å². The van der Waals surface area contributed by atoms with Gasteiger partial charge in [0.15, 0.2) is 11.5 Å². The minimum atomic E-state index is -0.614. The Morgan fingerprint density at radius 2 is 1.77 bits per heavy atom. The summed E-state index contributed by atoms with van der Waals surface area (Å²) < 4.78 is 10.6. The maximum atomic E-state index is 12.6. The lowest BCUT2D eigenvalue weighted by molar-refractivity contribution is -0.124. The second-order valence-electron chi connectivity index (χ2n) is 6.47. The van der Waals surface area contributed by atoms with Crippen molar-refractivity contribution in [3.05, 3.63) is 59.7 Å². The number of amides is 2. The lowest BCUT2D eigenvalue weighted by Gasteiger charge is -2.22. The van der Waals surface area contributed by atoms with Crippen molar-refractivity contribution in [2.45, 2.75) is 26.4 Å². The molecule has 0 bridgehead atoms. The first kappa shape index (κ1) is 17.8. The number of nitrogens with one attached hydrogen (secondary N) is 2. The zero-order chi connectivity index (χ0) is 18.5. The topological polar surface area (TPSA) is 76.7 Å². The van der Waals surface area contributed by atoms with Crippen LogP contribution in [0.4, 0.5) is 0 Å². The molecule has 1 aliphatic rings. The molecule has 0 fully saturated rings. The zero-order valence-electron chi connectivity index (χ0n) is 14.8. The smallest absolute Gasteiger partial charge is 0.251 e. The Hall–Kier alpha value is -3.02. The van der Waals surface area contributed by atoms with Crippen molar-refractivity contribution in [2.24, 2.45) is 5.92 Å². The van der Waals surface area contributed by atoms with Gasteiger partial charge >= 0.3 is 0 Å². The third kappa shape index (κ3) is 4.14. The molecule has 0 aliphatic carbocycles. The van der Waals surface area contributed by atoms with E-state index in [9.17, 15) is 9.59 Å². The Morgan fingerprint density at radius 3 is 2.50 bits per heavy atom. The van der Waals surface area contributed by atoms with E-state index in [0.29, 0.717) is 23.6 Å². The number of rotatable bonds is 6. The molecule has 1 heterocycles. The highest BCUT2D eigenvalue weighted by atomic mass is 16.7. The van der Waals surface area contributed by atoms with Gasteiger partial charge in [-0.15, -0.1) is 0 Å². The first-order valence-electron chi connectivity index (χ1n) is 8.57. The van der Waals surface area contributed by atoms with Crippen molar-refractivity contribution in [3.8, 4) is 11.5 Å². The number of ether oxygens (including phenoxy) is 2. The standard InChI is InChI=1S/C20H22N2O4/c1-13(2)18(22-19(23)15-6-4-3-5-7-15)20(24)21-11-14-8-9-16-17(10-14)26-12-25-16/h3-10,13,18H,11-12H2,1-2H3,(H,21,24)(H,22,23). The van der Waals surface area contributed by atoms with Crippen LogP contribution in [0.15, 0.2) is 48.5 Å². The van der Waals surface area contributed by atoms with Crippen molar-refractivity contribution in [2.75, 3.05) is 6.79 Å². The van der Waals surface area contributed by atoms with Gasteiger partial charge in [0.05, 0.1) is 0 Å². The quantitative estimate of drug-likeness (QED) is 0.836. The fourth-order valence-corrected chi connectivity index (χ4v) is 2.70. The van der Waals surface area contributed by atoms with Crippen molar-refractivity contribution in [1.29, 1.82) is 0 Å². The molecule has 2 N–H and O–H groups in total. The lowest BCUT2D eigenvalue weighted by atomic mass is 10.0. The molecule has 0 aromatic heterocycles. The Bertz CT molecular complexity index is 790. The molecule has 26 heavy (non-hydrogen) atoms. The van der Waals surface area contributed by atoms with E-state index in [1.807, 2.05) is 38.1 Å². The first-order valence-corrected chi connectivity index (χ1v) is 8.57. The highest BCUT2D eigenvalue weighted by molar-refractivity contribution is 5.97. The van der Waals surface area contributed by atoms with Gasteiger partial charge < -0.3 is 20.1 Å². The highest BCUT2D eigenvalue weighted by Gasteiger charge is 2.24. The number of hydrogen-bond donors (Lipinski definition) is 2. The molecule has 6 heteroatoms. The molecule has 2 aromatic rings. The lowest BCUT2D eigenvalue weighted by Crippen LogP contribution is -2.49. The van der Waals surface area contributed by atoms with Gasteiger partial charge in [-0.25, -0.2) is 0 Å². The summed E-state index contributed by atoms with van der Waals surface area (Å²) >= 11 is 0. The molecule has 0 saturated heterocycles.